The molecule has 0 bridgehead atoms. The molecule has 0 saturated heterocycles. The van der Waals surface area contributed by atoms with E-state index in [0.717, 1.165) is 23.4 Å². The van der Waals surface area contributed by atoms with E-state index >= 15 is 0 Å². The molecule has 1 heterocycles. The number of fused-ring (bicyclic) bond motifs is 1. The molecule has 2 N–H and O–H groups in total. The summed E-state index contributed by atoms with van der Waals surface area (Å²) in [6.45, 7) is 4.76. The molecule has 1 aromatic rings. The minimum absolute atomic E-state index is 0.0513. The van der Waals surface area contributed by atoms with Gasteiger partial charge in [0.2, 0.25) is 5.91 Å². The second-order valence-electron chi connectivity index (χ2n) is 5.13. The van der Waals surface area contributed by atoms with Gasteiger partial charge in [-0.2, -0.15) is 5.26 Å². The number of nitrogens with one attached hydrogen (secondary N) is 2. The van der Waals surface area contributed by atoms with Gasteiger partial charge in [-0.15, -0.1) is 0 Å². The molecule has 2 rings (SSSR count). The van der Waals surface area contributed by atoms with Crippen LogP contribution in [-0.4, -0.2) is 24.6 Å². The molecular weight excluding hydrogens is 254 g/mol. The van der Waals surface area contributed by atoms with Gasteiger partial charge in [-0.05, 0) is 43.7 Å². The first-order valence-electron chi connectivity index (χ1n) is 6.78. The van der Waals surface area contributed by atoms with E-state index in [1.165, 1.54) is 0 Å². The normalized spacial score (nSPS) is 16.6. The van der Waals surface area contributed by atoms with E-state index in [4.69, 9.17) is 4.74 Å². The van der Waals surface area contributed by atoms with Gasteiger partial charge in [-0.25, -0.2) is 0 Å². The van der Waals surface area contributed by atoms with Gasteiger partial charge in [0.1, 0.15) is 17.9 Å². The molecule has 1 unspecified atom stereocenters. The van der Waals surface area contributed by atoms with E-state index in [0.29, 0.717) is 13.0 Å². The zero-order valence-electron chi connectivity index (χ0n) is 11.8. The fraction of sp³-hybridized carbons (Fsp3) is 0.467. The largest absolute Gasteiger partial charge is 0.491 e. The van der Waals surface area contributed by atoms with Crippen LogP contribution in [-0.2, 0) is 11.2 Å². The number of carbonyl (C=O) groups is 1. The van der Waals surface area contributed by atoms with Crippen molar-refractivity contribution >= 4 is 11.6 Å². The summed E-state index contributed by atoms with van der Waals surface area (Å²) in [6.07, 6.45) is 1.23. The minimum Gasteiger partial charge on any atom is -0.491 e. The van der Waals surface area contributed by atoms with Crippen LogP contribution >= 0.6 is 0 Å². The molecule has 0 radical (unpaired) electrons. The second-order valence-corrected chi connectivity index (χ2v) is 5.13. The Bertz CT molecular complexity index is 551. The van der Waals surface area contributed by atoms with Gasteiger partial charge in [0, 0.05) is 12.1 Å². The summed E-state index contributed by atoms with van der Waals surface area (Å²) in [7, 11) is 0. The van der Waals surface area contributed by atoms with Gasteiger partial charge in [-0.3, -0.25) is 10.1 Å². The third kappa shape index (κ3) is 3.28. The average Bonchev–Trinajstić information content (AvgIpc) is 2.45. The summed E-state index contributed by atoms with van der Waals surface area (Å²) in [5, 5.41) is 15.1. The van der Waals surface area contributed by atoms with Crippen molar-refractivity contribution in [3.63, 3.8) is 0 Å². The summed E-state index contributed by atoms with van der Waals surface area (Å²) < 4.78 is 5.71. The maximum atomic E-state index is 11.3. The van der Waals surface area contributed by atoms with Crippen LogP contribution in [0.5, 0.6) is 5.75 Å². The van der Waals surface area contributed by atoms with E-state index in [1.807, 2.05) is 32.0 Å². The number of likely N-dealkylation sites (N-methyl/N-ethyl adjacent to an activating group) is 1. The lowest BCUT2D eigenvalue weighted by atomic mass is 10.0. The lowest BCUT2D eigenvalue weighted by molar-refractivity contribution is -0.116. The Hall–Kier alpha value is -2.06. The maximum Gasteiger partial charge on any atom is 0.224 e. The van der Waals surface area contributed by atoms with Crippen molar-refractivity contribution in [3.8, 4) is 11.8 Å². The maximum absolute atomic E-state index is 11.3. The van der Waals surface area contributed by atoms with Crippen molar-refractivity contribution in [1.29, 1.82) is 5.26 Å². The van der Waals surface area contributed by atoms with E-state index in [-0.39, 0.29) is 12.5 Å². The lowest BCUT2D eigenvalue weighted by Gasteiger charge is -2.23. The van der Waals surface area contributed by atoms with Crippen LogP contribution in [0.3, 0.4) is 0 Å². The molecule has 106 valence electrons. The number of amides is 1. The number of anilines is 1. The Morgan fingerprint density at radius 3 is 3.00 bits per heavy atom. The van der Waals surface area contributed by atoms with Gasteiger partial charge in [-0.1, -0.05) is 6.92 Å². The van der Waals surface area contributed by atoms with Crippen molar-refractivity contribution in [2.45, 2.75) is 32.2 Å². The zero-order chi connectivity index (χ0) is 14.6. The van der Waals surface area contributed by atoms with Gasteiger partial charge in [0.05, 0.1) is 6.07 Å². The number of nitrogens with zero attached hydrogens (tertiary/aromatic N) is 1. The summed E-state index contributed by atoms with van der Waals surface area (Å²) in [5.41, 5.74) is 1.23. The molecule has 1 atom stereocenters. The molecule has 1 aliphatic heterocycles. The number of aryl methyl sites for hydroxylation is 1. The predicted octanol–water partition coefficient (Wildman–Crippen LogP) is 1.84. The van der Waals surface area contributed by atoms with E-state index in [9.17, 15) is 10.1 Å². The first-order valence-corrected chi connectivity index (χ1v) is 6.78. The molecule has 5 heteroatoms. The smallest absolute Gasteiger partial charge is 0.224 e. The van der Waals surface area contributed by atoms with Crippen LogP contribution in [0.15, 0.2) is 18.2 Å². The summed E-state index contributed by atoms with van der Waals surface area (Å²) >= 11 is 0. The van der Waals surface area contributed by atoms with Crippen molar-refractivity contribution in [1.82, 2.24) is 5.32 Å². The van der Waals surface area contributed by atoms with E-state index in [1.54, 1.807) is 0 Å². The molecule has 0 aliphatic carbocycles. The Balaban J connectivity index is 2.04. The van der Waals surface area contributed by atoms with Gasteiger partial charge >= 0.3 is 0 Å². The number of carbonyl (C=O) groups excluding carboxylic acids is 1. The molecule has 1 aliphatic rings. The fourth-order valence-corrected chi connectivity index (χ4v) is 2.19. The van der Waals surface area contributed by atoms with Crippen LogP contribution in [0.4, 0.5) is 5.69 Å². The van der Waals surface area contributed by atoms with Crippen LogP contribution in [0, 0.1) is 11.3 Å². The second kappa shape index (κ2) is 5.93. The average molecular weight is 273 g/mol. The zero-order valence-corrected chi connectivity index (χ0v) is 11.8. The molecule has 0 saturated carbocycles. The molecule has 1 aromatic carbocycles. The number of nitriles is 1. The molecule has 5 nitrogen and oxygen atoms in total. The SMILES string of the molecule is CCNC(C)(C#N)COc1ccc2c(c1)CCC(=O)N2. The quantitative estimate of drug-likeness (QED) is 0.858. The lowest BCUT2D eigenvalue weighted by Crippen LogP contribution is -2.46. The highest BCUT2D eigenvalue weighted by molar-refractivity contribution is 5.93. The Labute approximate surface area is 118 Å². The molecule has 0 fully saturated rings. The van der Waals surface area contributed by atoms with Crippen LogP contribution in [0.2, 0.25) is 0 Å². The summed E-state index contributed by atoms with van der Waals surface area (Å²) in [4.78, 5) is 11.3. The Kier molecular flexibility index (Phi) is 4.26. The third-order valence-electron chi connectivity index (χ3n) is 3.31. The summed E-state index contributed by atoms with van der Waals surface area (Å²) in [6, 6.07) is 7.81. The predicted molar refractivity (Wildman–Crippen MR) is 76.6 cm³/mol. The Morgan fingerprint density at radius 2 is 2.30 bits per heavy atom. The molecule has 20 heavy (non-hydrogen) atoms. The van der Waals surface area contributed by atoms with Gasteiger partial charge in [0.25, 0.3) is 0 Å². The standard InChI is InChI=1S/C15H19N3O2/c1-3-17-15(2,9-16)10-20-12-5-6-13-11(8-12)4-7-14(19)18-13/h5-6,8,17H,3-4,7,10H2,1-2H3,(H,18,19). The highest BCUT2D eigenvalue weighted by Gasteiger charge is 2.23. The van der Waals surface area contributed by atoms with Crippen LogP contribution < -0.4 is 15.4 Å². The number of rotatable bonds is 5. The van der Waals surface area contributed by atoms with Crippen molar-refractivity contribution < 1.29 is 9.53 Å². The monoisotopic (exact) mass is 273 g/mol. The van der Waals surface area contributed by atoms with Crippen molar-refractivity contribution in [2.75, 3.05) is 18.5 Å². The number of hydrogen-bond donors (Lipinski definition) is 2. The Morgan fingerprint density at radius 1 is 1.50 bits per heavy atom. The van der Waals surface area contributed by atoms with Crippen molar-refractivity contribution in [3.05, 3.63) is 23.8 Å². The number of benzene rings is 1. The topological polar surface area (TPSA) is 74.1 Å². The number of hydrogen-bond acceptors (Lipinski definition) is 4. The van der Waals surface area contributed by atoms with E-state index < -0.39 is 5.54 Å². The molecule has 0 spiro atoms. The fourth-order valence-electron chi connectivity index (χ4n) is 2.19. The molecule has 0 aromatic heterocycles. The molecular formula is C15H19N3O2. The highest BCUT2D eigenvalue weighted by atomic mass is 16.5. The first-order chi connectivity index (χ1) is 9.56. The third-order valence-corrected chi connectivity index (χ3v) is 3.31. The highest BCUT2D eigenvalue weighted by Crippen LogP contribution is 2.27. The van der Waals surface area contributed by atoms with E-state index in [2.05, 4.69) is 16.7 Å². The first kappa shape index (κ1) is 14.4. The van der Waals surface area contributed by atoms with Gasteiger partial charge < -0.3 is 10.1 Å². The van der Waals surface area contributed by atoms with Crippen molar-refractivity contribution in [2.24, 2.45) is 0 Å². The summed E-state index contributed by atoms with van der Waals surface area (Å²) in [5.74, 6) is 0.773. The minimum atomic E-state index is -0.696. The molecule has 1 amide bonds. The van der Waals surface area contributed by atoms with Crippen LogP contribution in [0.25, 0.3) is 0 Å². The van der Waals surface area contributed by atoms with Gasteiger partial charge in [0.15, 0.2) is 0 Å². The van der Waals surface area contributed by atoms with Crippen LogP contribution in [0.1, 0.15) is 25.8 Å². The number of ether oxygens (including phenoxy) is 1.